The van der Waals surface area contributed by atoms with Gasteiger partial charge in [0.2, 0.25) is 0 Å². The Bertz CT molecular complexity index is 1050. The summed E-state index contributed by atoms with van der Waals surface area (Å²) in [5, 5.41) is 0. The SMILES string of the molecule is CCCCCCCCCCCCCCCCOC(C)c1ccc(C(=O)Oc2ccc(OC(CCC)CCCCCCCCCCC)cc2)cc1. The summed E-state index contributed by atoms with van der Waals surface area (Å²) in [5.74, 6) is 1.02. The number of esters is 1. The van der Waals surface area contributed by atoms with Crippen molar-refractivity contribution in [3.8, 4) is 11.5 Å². The van der Waals surface area contributed by atoms with Crippen LogP contribution in [-0.4, -0.2) is 18.7 Å². The molecule has 0 fully saturated rings. The standard InChI is InChI=1S/C46H76O4/c1-5-8-10-12-14-16-17-18-19-20-22-24-26-28-39-48-40(4)41-31-33-42(34-32-41)46(47)50-45-37-35-44(36-38-45)49-43(29-7-3)30-27-25-23-21-15-13-11-9-6-2/h31-38,40,43H,5-30,39H2,1-4H3. The molecule has 284 valence electrons. The number of ether oxygens (including phenoxy) is 3. The Hall–Kier alpha value is -2.33. The third-order valence-electron chi connectivity index (χ3n) is 10.1. The largest absolute Gasteiger partial charge is 0.490 e. The minimum atomic E-state index is -0.351. The smallest absolute Gasteiger partial charge is 0.343 e. The summed E-state index contributed by atoms with van der Waals surface area (Å²) in [4.78, 5) is 12.8. The predicted octanol–water partition coefficient (Wildman–Crippen LogP) is 14.9. The van der Waals surface area contributed by atoms with Gasteiger partial charge in [0.15, 0.2) is 0 Å². The zero-order valence-corrected chi connectivity index (χ0v) is 33.0. The van der Waals surface area contributed by atoms with Crippen molar-refractivity contribution in [1.29, 1.82) is 0 Å². The predicted molar refractivity (Wildman–Crippen MR) is 214 cm³/mol. The summed E-state index contributed by atoms with van der Waals surface area (Å²) in [7, 11) is 0. The number of hydrogen-bond acceptors (Lipinski definition) is 4. The molecule has 0 aromatic heterocycles. The Labute approximate surface area is 308 Å². The van der Waals surface area contributed by atoms with Gasteiger partial charge in [-0.25, -0.2) is 4.79 Å². The number of rotatable bonds is 33. The molecule has 0 saturated heterocycles. The van der Waals surface area contributed by atoms with Crippen molar-refractivity contribution >= 4 is 5.97 Å². The molecule has 2 aromatic rings. The van der Waals surface area contributed by atoms with Crippen molar-refractivity contribution in [3.05, 3.63) is 59.7 Å². The van der Waals surface area contributed by atoms with Crippen LogP contribution in [0.15, 0.2) is 48.5 Å². The van der Waals surface area contributed by atoms with Crippen molar-refractivity contribution in [2.24, 2.45) is 0 Å². The summed E-state index contributed by atoms with van der Waals surface area (Å²) in [6.45, 7) is 9.64. The number of carbonyl (C=O) groups is 1. The van der Waals surface area contributed by atoms with Gasteiger partial charge in [-0.05, 0) is 74.6 Å². The van der Waals surface area contributed by atoms with Gasteiger partial charge in [0.1, 0.15) is 11.5 Å². The Balaban J connectivity index is 1.58. The van der Waals surface area contributed by atoms with Crippen LogP contribution in [0, 0.1) is 0 Å². The number of unbranched alkanes of at least 4 members (excludes halogenated alkanes) is 21. The highest BCUT2D eigenvalue weighted by atomic mass is 16.5. The molecule has 4 heteroatoms. The third kappa shape index (κ3) is 21.8. The van der Waals surface area contributed by atoms with Crippen LogP contribution < -0.4 is 9.47 Å². The quantitative estimate of drug-likeness (QED) is 0.0424. The molecule has 2 aromatic carbocycles. The fraction of sp³-hybridized carbons (Fsp3) is 0.717. The van der Waals surface area contributed by atoms with Crippen molar-refractivity contribution in [1.82, 2.24) is 0 Å². The van der Waals surface area contributed by atoms with E-state index in [1.54, 1.807) is 0 Å². The highest BCUT2D eigenvalue weighted by Crippen LogP contribution is 2.24. The Kier molecular flexibility index (Phi) is 26.6. The zero-order valence-electron chi connectivity index (χ0n) is 33.0. The molecule has 50 heavy (non-hydrogen) atoms. The van der Waals surface area contributed by atoms with Crippen molar-refractivity contribution in [2.45, 2.75) is 207 Å². The van der Waals surface area contributed by atoms with Crippen LogP contribution in [0.2, 0.25) is 0 Å². The first-order valence-corrected chi connectivity index (χ1v) is 21.3. The molecule has 2 rings (SSSR count). The average molecular weight is 693 g/mol. The lowest BCUT2D eigenvalue weighted by Gasteiger charge is -2.19. The zero-order chi connectivity index (χ0) is 35.9. The molecular formula is C46H76O4. The van der Waals surface area contributed by atoms with Gasteiger partial charge in [-0.15, -0.1) is 0 Å². The van der Waals surface area contributed by atoms with E-state index in [1.165, 1.54) is 141 Å². The molecule has 4 nitrogen and oxygen atoms in total. The molecule has 0 radical (unpaired) electrons. The van der Waals surface area contributed by atoms with E-state index in [-0.39, 0.29) is 18.2 Å². The van der Waals surface area contributed by atoms with E-state index < -0.39 is 0 Å². The van der Waals surface area contributed by atoms with Crippen molar-refractivity contribution in [2.75, 3.05) is 6.61 Å². The van der Waals surface area contributed by atoms with E-state index in [4.69, 9.17) is 14.2 Å². The fourth-order valence-electron chi connectivity index (χ4n) is 6.75. The van der Waals surface area contributed by atoms with Gasteiger partial charge in [0, 0.05) is 6.61 Å². The molecule has 2 unspecified atom stereocenters. The Morgan fingerprint density at radius 1 is 0.500 bits per heavy atom. The van der Waals surface area contributed by atoms with Gasteiger partial charge in [0.25, 0.3) is 0 Å². The third-order valence-corrected chi connectivity index (χ3v) is 10.1. The highest BCUT2D eigenvalue weighted by molar-refractivity contribution is 5.91. The second kappa shape index (κ2) is 30.3. The molecule has 0 heterocycles. The van der Waals surface area contributed by atoms with Gasteiger partial charge >= 0.3 is 5.97 Å². The summed E-state index contributed by atoms with van der Waals surface area (Å²) in [6, 6.07) is 15.1. The first kappa shape index (κ1) is 43.8. The maximum absolute atomic E-state index is 12.8. The molecule has 0 aliphatic rings. The number of hydrogen-bond donors (Lipinski definition) is 0. The maximum atomic E-state index is 12.8. The maximum Gasteiger partial charge on any atom is 0.343 e. The minimum absolute atomic E-state index is 0.00596. The molecule has 0 spiro atoms. The molecule has 0 amide bonds. The van der Waals surface area contributed by atoms with E-state index in [9.17, 15) is 4.79 Å². The van der Waals surface area contributed by atoms with Crippen LogP contribution in [0.3, 0.4) is 0 Å². The molecule has 2 atom stereocenters. The highest BCUT2D eigenvalue weighted by Gasteiger charge is 2.13. The van der Waals surface area contributed by atoms with Crippen molar-refractivity contribution in [3.63, 3.8) is 0 Å². The van der Waals surface area contributed by atoms with E-state index in [1.807, 2.05) is 48.5 Å². The van der Waals surface area contributed by atoms with Gasteiger partial charge in [-0.3, -0.25) is 0 Å². The van der Waals surface area contributed by atoms with Gasteiger partial charge in [-0.2, -0.15) is 0 Å². The van der Waals surface area contributed by atoms with E-state index in [0.29, 0.717) is 11.3 Å². The van der Waals surface area contributed by atoms with Gasteiger partial charge in [0.05, 0.1) is 17.8 Å². The summed E-state index contributed by atoms with van der Waals surface area (Å²) in [6.07, 6.45) is 34.6. The van der Waals surface area contributed by atoms with Crippen LogP contribution in [0.5, 0.6) is 11.5 Å². The summed E-state index contributed by atoms with van der Waals surface area (Å²) >= 11 is 0. The molecule has 0 aliphatic carbocycles. The lowest BCUT2D eigenvalue weighted by molar-refractivity contribution is 0.0626. The van der Waals surface area contributed by atoms with E-state index in [0.717, 1.165) is 43.6 Å². The number of carbonyl (C=O) groups excluding carboxylic acids is 1. The second-order valence-electron chi connectivity index (χ2n) is 14.7. The topological polar surface area (TPSA) is 44.8 Å². The van der Waals surface area contributed by atoms with Crippen molar-refractivity contribution < 1.29 is 19.0 Å². The van der Waals surface area contributed by atoms with E-state index >= 15 is 0 Å². The Morgan fingerprint density at radius 3 is 1.42 bits per heavy atom. The van der Waals surface area contributed by atoms with Crippen LogP contribution in [0.25, 0.3) is 0 Å². The van der Waals surface area contributed by atoms with Crippen LogP contribution in [0.1, 0.15) is 217 Å². The Morgan fingerprint density at radius 2 is 0.940 bits per heavy atom. The summed E-state index contributed by atoms with van der Waals surface area (Å²) < 4.78 is 18.1. The second-order valence-corrected chi connectivity index (χ2v) is 14.7. The van der Waals surface area contributed by atoms with Crippen LogP contribution >= 0.6 is 0 Å². The lowest BCUT2D eigenvalue weighted by Crippen LogP contribution is -2.16. The monoisotopic (exact) mass is 693 g/mol. The average Bonchev–Trinajstić information content (AvgIpc) is 3.13. The fourth-order valence-corrected chi connectivity index (χ4v) is 6.75. The molecule has 0 N–H and O–H groups in total. The van der Waals surface area contributed by atoms with Crippen LogP contribution in [-0.2, 0) is 4.74 Å². The number of benzene rings is 2. The molecule has 0 aliphatic heterocycles. The lowest BCUT2D eigenvalue weighted by atomic mass is 10.0. The van der Waals surface area contributed by atoms with Crippen LogP contribution in [0.4, 0.5) is 0 Å². The summed E-state index contributed by atoms with van der Waals surface area (Å²) in [5.41, 5.74) is 1.62. The first-order valence-electron chi connectivity index (χ1n) is 21.3. The molecular weight excluding hydrogens is 617 g/mol. The van der Waals surface area contributed by atoms with Gasteiger partial charge < -0.3 is 14.2 Å². The normalized spacial score (nSPS) is 12.6. The van der Waals surface area contributed by atoms with Gasteiger partial charge in [-0.1, -0.05) is 174 Å². The minimum Gasteiger partial charge on any atom is -0.490 e. The molecule has 0 bridgehead atoms. The van der Waals surface area contributed by atoms with E-state index in [2.05, 4.69) is 27.7 Å². The molecule has 0 saturated carbocycles. The first-order chi connectivity index (χ1) is 24.6.